The normalized spacial score (nSPS) is 19.6. The molecule has 154 valence electrons. The van der Waals surface area contributed by atoms with E-state index in [-0.39, 0.29) is 18.2 Å². The van der Waals surface area contributed by atoms with Gasteiger partial charge in [-0.15, -0.1) is 11.3 Å². The van der Waals surface area contributed by atoms with E-state index in [4.69, 9.17) is 4.74 Å². The van der Waals surface area contributed by atoms with Gasteiger partial charge in [0.1, 0.15) is 5.75 Å². The molecule has 1 atom stereocenters. The number of thiazole rings is 1. The number of aromatic nitrogens is 1. The van der Waals surface area contributed by atoms with Gasteiger partial charge in [-0.1, -0.05) is 18.6 Å². The number of benzene rings is 1. The van der Waals surface area contributed by atoms with E-state index < -0.39 is 6.10 Å². The van der Waals surface area contributed by atoms with Crippen molar-refractivity contribution in [2.45, 2.75) is 45.3 Å². The van der Waals surface area contributed by atoms with Gasteiger partial charge < -0.3 is 15.0 Å². The van der Waals surface area contributed by atoms with Crippen molar-refractivity contribution in [3.05, 3.63) is 35.3 Å². The van der Waals surface area contributed by atoms with Gasteiger partial charge in [-0.2, -0.15) is 0 Å². The van der Waals surface area contributed by atoms with E-state index in [1.54, 1.807) is 11.8 Å². The molecule has 0 saturated carbocycles. The summed E-state index contributed by atoms with van der Waals surface area (Å²) in [5, 5.41) is 5.49. The first-order valence-electron chi connectivity index (χ1n) is 10.1. The van der Waals surface area contributed by atoms with Crippen molar-refractivity contribution in [2.75, 3.05) is 29.9 Å². The zero-order valence-corrected chi connectivity index (χ0v) is 17.4. The second-order valence-electron chi connectivity index (χ2n) is 7.50. The third kappa shape index (κ3) is 4.76. The van der Waals surface area contributed by atoms with Crippen molar-refractivity contribution >= 4 is 34.0 Å². The van der Waals surface area contributed by atoms with E-state index in [1.165, 1.54) is 30.6 Å². The maximum atomic E-state index is 12.5. The average molecular weight is 415 g/mol. The Morgan fingerprint density at radius 1 is 1.28 bits per heavy atom. The van der Waals surface area contributed by atoms with Gasteiger partial charge in [-0.25, -0.2) is 4.98 Å². The number of nitrogens with one attached hydrogen (secondary N) is 1. The van der Waals surface area contributed by atoms with Crippen molar-refractivity contribution in [1.29, 1.82) is 0 Å². The summed E-state index contributed by atoms with van der Waals surface area (Å²) in [6, 6.07) is 7.41. The summed E-state index contributed by atoms with van der Waals surface area (Å²) in [5.41, 5.74) is 1.71. The topological polar surface area (TPSA) is 74.8 Å². The van der Waals surface area contributed by atoms with E-state index >= 15 is 0 Å². The number of piperidine rings is 1. The quantitative estimate of drug-likeness (QED) is 0.785. The highest BCUT2D eigenvalue weighted by Gasteiger charge is 2.31. The molecule has 2 aromatic rings. The predicted octanol–water partition coefficient (Wildman–Crippen LogP) is 3.27. The number of carbonyl (C=O) groups is 2. The maximum Gasteiger partial charge on any atom is 0.267 e. The van der Waals surface area contributed by atoms with Crippen LogP contribution in [0.5, 0.6) is 5.75 Å². The van der Waals surface area contributed by atoms with Crippen LogP contribution in [-0.4, -0.2) is 47.4 Å². The molecular weight excluding hydrogens is 388 g/mol. The fraction of sp³-hybridized carbons (Fsp3) is 0.476. The van der Waals surface area contributed by atoms with Gasteiger partial charge in [0.25, 0.3) is 5.91 Å². The number of carbonyl (C=O) groups excluding carboxylic acids is 2. The summed E-state index contributed by atoms with van der Waals surface area (Å²) in [4.78, 5) is 33.5. The van der Waals surface area contributed by atoms with Crippen LogP contribution >= 0.6 is 11.3 Å². The Morgan fingerprint density at radius 3 is 2.90 bits per heavy atom. The first-order chi connectivity index (χ1) is 14.1. The van der Waals surface area contributed by atoms with Gasteiger partial charge in [-0.3, -0.25) is 14.5 Å². The first-order valence-corrected chi connectivity index (χ1v) is 11.0. The number of hydrogen-bond acceptors (Lipinski definition) is 6. The molecular formula is C21H26N4O3S. The largest absolute Gasteiger partial charge is 0.479 e. The Hall–Kier alpha value is -2.45. The highest BCUT2D eigenvalue weighted by Crippen LogP contribution is 2.33. The number of ether oxygens (including phenoxy) is 1. The molecule has 1 N–H and O–H groups in total. The number of rotatable bonds is 6. The second-order valence-corrected chi connectivity index (χ2v) is 8.35. The summed E-state index contributed by atoms with van der Waals surface area (Å²) >= 11 is 1.45. The fourth-order valence-corrected chi connectivity index (χ4v) is 4.49. The lowest BCUT2D eigenvalue weighted by Crippen LogP contribution is -2.45. The molecule has 4 rings (SSSR count). The van der Waals surface area contributed by atoms with Crippen molar-refractivity contribution in [2.24, 2.45) is 0 Å². The molecule has 1 fully saturated rings. The molecule has 2 amide bonds. The molecule has 29 heavy (non-hydrogen) atoms. The zero-order chi connectivity index (χ0) is 20.2. The molecule has 8 heteroatoms. The van der Waals surface area contributed by atoms with Crippen LogP contribution in [0.25, 0.3) is 0 Å². The standard InChI is InChI=1S/C21H26N4O3S/c1-15-20(27)25(17-7-3-4-8-18(17)28-15)12-9-19(26)23-21-22-16(14-29-21)13-24-10-5-2-6-11-24/h3-4,7-8,14-15H,2,5-6,9-13H2,1H3,(H,22,23,26)/t15-/m0/s1. The van der Waals surface area contributed by atoms with Crippen LogP contribution in [0.3, 0.4) is 0 Å². The van der Waals surface area contributed by atoms with E-state index in [0.717, 1.165) is 25.3 Å². The summed E-state index contributed by atoms with van der Waals surface area (Å²) in [7, 11) is 0. The molecule has 0 bridgehead atoms. The van der Waals surface area contributed by atoms with Gasteiger partial charge in [0.15, 0.2) is 11.2 Å². The molecule has 7 nitrogen and oxygen atoms in total. The number of likely N-dealkylation sites (tertiary alicyclic amines) is 1. The van der Waals surface area contributed by atoms with Crippen molar-refractivity contribution in [1.82, 2.24) is 9.88 Å². The minimum Gasteiger partial charge on any atom is -0.479 e. The molecule has 2 aliphatic heterocycles. The second kappa shape index (κ2) is 8.92. The number of hydrogen-bond donors (Lipinski definition) is 1. The van der Waals surface area contributed by atoms with E-state index in [1.807, 2.05) is 29.6 Å². The fourth-order valence-electron chi connectivity index (χ4n) is 3.77. The number of nitrogens with zero attached hydrogens (tertiary/aromatic N) is 3. The number of fused-ring (bicyclic) bond motifs is 1. The first kappa shape index (κ1) is 19.8. The third-order valence-corrected chi connectivity index (χ3v) is 6.07. The van der Waals surface area contributed by atoms with Crippen LogP contribution in [0, 0.1) is 0 Å². The van der Waals surface area contributed by atoms with Crippen LogP contribution in [0.2, 0.25) is 0 Å². The molecule has 2 aliphatic rings. The van der Waals surface area contributed by atoms with Crippen LogP contribution in [-0.2, 0) is 16.1 Å². The lowest BCUT2D eigenvalue weighted by molar-refractivity contribution is -0.125. The summed E-state index contributed by atoms with van der Waals surface area (Å²) < 4.78 is 5.64. The SMILES string of the molecule is C[C@@H]1Oc2ccccc2N(CCC(=O)Nc2nc(CN3CCCCC3)cs2)C1=O. The Morgan fingerprint density at radius 2 is 2.07 bits per heavy atom. The zero-order valence-electron chi connectivity index (χ0n) is 16.6. The Bertz CT molecular complexity index is 878. The Labute approximate surface area is 174 Å². The van der Waals surface area contributed by atoms with Gasteiger partial charge in [-0.05, 0) is 45.0 Å². The monoisotopic (exact) mass is 414 g/mol. The van der Waals surface area contributed by atoms with Gasteiger partial charge >= 0.3 is 0 Å². The number of amides is 2. The summed E-state index contributed by atoms with van der Waals surface area (Å²) in [6.45, 7) is 5.11. The molecule has 0 aliphatic carbocycles. The summed E-state index contributed by atoms with van der Waals surface area (Å²) in [5.74, 6) is 0.394. The molecule has 1 saturated heterocycles. The molecule has 0 unspecified atom stereocenters. The minimum atomic E-state index is -0.552. The van der Waals surface area contributed by atoms with Gasteiger partial charge in [0.2, 0.25) is 5.91 Å². The molecule has 1 aromatic heterocycles. The molecule has 1 aromatic carbocycles. The molecule has 0 spiro atoms. The highest BCUT2D eigenvalue weighted by molar-refractivity contribution is 7.13. The molecule has 3 heterocycles. The number of para-hydroxylation sites is 2. The lowest BCUT2D eigenvalue weighted by Gasteiger charge is -2.32. The van der Waals surface area contributed by atoms with E-state index in [9.17, 15) is 9.59 Å². The summed E-state index contributed by atoms with van der Waals surface area (Å²) in [6.07, 6.45) is 3.45. The van der Waals surface area contributed by atoms with Crippen LogP contribution < -0.4 is 15.0 Å². The average Bonchev–Trinajstić information content (AvgIpc) is 3.15. The minimum absolute atomic E-state index is 0.130. The van der Waals surface area contributed by atoms with Gasteiger partial charge in [0.05, 0.1) is 11.4 Å². The lowest BCUT2D eigenvalue weighted by atomic mass is 10.1. The Balaban J connectivity index is 1.32. The van der Waals surface area contributed by atoms with Crippen LogP contribution in [0.15, 0.2) is 29.6 Å². The van der Waals surface area contributed by atoms with Crippen molar-refractivity contribution in [3.63, 3.8) is 0 Å². The van der Waals surface area contributed by atoms with Crippen molar-refractivity contribution in [3.8, 4) is 5.75 Å². The third-order valence-electron chi connectivity index (χ3n) is 5.27. The smallest absolute Gasteiger partial charge is 0.267 e. The highest BCUT2D eigenvalue weighted by atomic mass is 32.1. The van der Waals surface area contributed by atoms with Crippen molar-refractivity contribution < 1.29 is 14.3 Å². The molecule has 0 radical (unpaired) electrons. The predicted molar refractivity (Wildman–Crippen MR) is 113 cm³/mol. The van der Waals surface area contributed by atoms with E-state index in [2.05, 4.69) is 15.2 Å². The van der Waals surface area contributed by atoms with Crippen LogP contribution in [0.4, 0.5) is 10.8 Å². The maximum absolute atomic E-state index is 12.5. The number of anilines is 2. The van der Waals surface area contributed by atoms with Gasteiger partial charge in [0, 0.05) is 24.9 Å². The Kier molecular flexibility index (Phi) is 6.10. The van der Waals surface area contributed by atoms with Crippen LogP contribution in [0.1, 0.15) is 38.3 Å². The van der Waals surface area contributed by atoms with E-state index in [0.29, 0.717) is 23.1 Å².